The van der Waals surface area contributed by atoms with Gasteiger partial charge in [0.25, 0.3) is 5.91 Å². The Balaban J connectivity index is 2.10. The third kappa shape index (κ3) is 6.09. The summed E-state index contributed by atoms with van der Waals surface area (Å²) in [6.07, 6.45) is -3.88. The summed E-state index contributed by atoms with van der Waals surface area (Å²) in [5.74, 6) is -2.10. The fraction of sp³-hybridized carbons (Fsp3) is 0.176. The van der Waals surface area contributed by atoms with Gasteiger partial charge in [0, 0.05) is 11.3 Å². The highest BCUT2D eigenvalue weighted by Gasteiger charge is 2.34. The molecule has 2 rings (SSSR count). The van der Waals surface area contributed by atoms with Gasteiger partial charge in [-0.3, -0.25) is 4.79 Å². The molecule has 0 spiro atoms. The second kappa shape index (κ2) is 8.60. The zero-order chi connectivity index (χ0) is 22.0. The summed E-state index contributed by atoms with van der Waals surface area (Å²) >= 11 is 11.3. The Labute approximate surface area is 173 Å². The number of amides is 1. The van der Waals surface area contributed by atoms with Crippen molar-refractivity contribution in [2.24, 2.45) is 0 Å². The van der Waals surface area contributed by atoms with Crippen LogP contribution in [-0.2, 0) is 25.5 Å². The van der Waals surface area contributed by atoms with Gasteiger partial charge in [0.1, 0.15) is 0 Å². The first-order valence-electron chi connectivity index (χ1n) is 7.62. The molecular weight excluding hydrogens is 458 g/mol. The van der Waals surface area contributed by atoms with Gasteiger partial charge in [-0.1, -0.05) is 23.2 Å². The third-order valence-corrected chi connectivity index (χ3v) is 5.28. The Kier molecular flexibility index (Phi) is 6.82. The Bertz CT molecular complexity index is 1070. The van der Waals surface area contributed by atoms with Gasteiger partial charge in [0.2, 0.25) is 0 Å². The molecule has 0 fully saturated rings. The van der Waals surface area contributed by atoms with Gasteiger partial charge >= 0.3 is 12.1 Å². The summed E-state index contributed by atoms with van der Waals surface area (Å²) in [5.41, 5.74) is -1.93. The smallest absolute Gasteiger partial charge is 0.418 e. The normalized spacial score (nSPS) is 11.8. The number of sulfone groups is 1. The molecule has 1 amide bonds. The molecule has 0 radical (unpaired) electrons. The number of esters is 1. The number of hydrogen-bond donors (Lipinski definition) is 1. The number of anilines is 1. The van der Waals surface area contributed by atoms with Crippen LogP contribution in [0.4, 0.5) is 18.9 Å². The first-order valence-corrected chi connectivity index (χ1v) is 10.3. The fourth-order valence-corrected chi connectivity index (χ4v) is 3.65. The van der Waals surface area contributed by atoms with Crippen LogP contribution < -0.4 is 5.32 Å². The third-order valence-electron chi connectivity index (χ3n) is 3.46. The quantitative estimate of drug-likeness (QED) is 0.662. The maximum Gasteiger partial charge on any atom is 0.418 e. The van der Waals surface area contributed by atoms with Crippen LogP contribution in [0.25, 0.3) is 0 Å². The molecule has 2 aromatic rings. The highest BCUT2D eigenvalue weighted by Crippen LogP contribution is 2.36. The van der Waals surface area contributed by atoms with Gasteiger partial charge in [0.15, 0.2) is 16.4 Å². The lowest BCUT2D eigenvalue weighted by Crippen LogP contribution is -2.23. The minimum absolute atomic E-state index is 0.107. The zero-order valence-corrected chi connectivity index (χ0v) is 16.8. The zero-order valence-electron chi connectivity index (χ0n) is 14.5. The van der Waals surface area contributed by atoms with Gasteiger partial charge in [-0.25, -0.2) is 13.2 Å². The van der Waals surface area contributed by atoms with Gasteiger partial charge in [-0.15, -0.1) is 0 Å². The molecule has 0 atom stereocenters. The van der Waals surface area contributed by atoms with Crippen molar-refractivity contribution in [1.29, 1.82) is 0 Å². The van der Waals surface area contributed by atoms with E-state index in [4.69, 9.17) is 27.9 Å². The highest BCUT2D eigenvalue weighted by molar-refractivity contribution is 7.90. The maximum atomic E-state index is 13.0. The minimum Gasteiger partial charge on any atom is -0.452 e. The molecule has 1 N–H and O–H groups in total. The molecule has 0 saturated heterocycles. The van der Waals surface area contributed by atoms with Crippen molar-refractivity contribution >= 4 is 50.6 Å². The number of rotatable bonds is 5. The van der Waals surface area contributed by atoms with Crippen molar-refractivity contribution in [1.82, 2.24) is 0 Å². The summed E-state index contributed by atoms with van der Waals surface area (Å²) in [5, 5.41) is 1.70. The van der Waals surface area contributed by atoms with Gasteiger partial charge in [0.05, 0.1) is 26.7 Å². The second-order valence-corrected chi connectivity index (χ2v) is 8.56. The van der Waals surface area contributed by atoms with Gasteiger partial charge < -0.3 is 10.1 Å². The van der Waals surface area contributed by atoms with Crippen LogP contribution in [-0.4, -0.2) is 33.2 Å². The molecule has 0 aromatic heterocycles. The molecule has 0 aliphatic carbocycles. The number of halogens is 5. The molecule has 0 bridgehead atoms. The topological polar surface area (TPSA) is 89.5 Å². The summed E-state index contributed by atoms with van der Waals surface area (Å²) < 4.78 is 67.1. The number of nitrogens with one attached hydrogen (secondary N) is 1. The molecule has 0 unspecified atom stereocenters. The standard InChI is InChI=1S/C17H12Cl2F3NO5S/c1-29(26,27)14-6-9(2-4-12(14)19)16(25)28-8-15(24)23-13-5-3-10(18)7-11(13)17(20,21)22/h2-7H,8H2,1H3,(H,23,24). The lowest BCUT2D eigenvalue weighted by Gasteiger charge is -2.14. The van der Waals surface area contributed by atoms with E-state index in [1.165, 1.54) is 6.07 Å². The Morgan fingerprint density at radius 1 is 1.10 bits per heavy atom. The number of ether oxygens (including phenoxy) is 1. The Hall–Kier alpha value is -2.30. The highest BCUT2D eigenvalue weighted by atomic mass is 35.5. The molecule has 29 heavy (non-hydrogen) atoms. The van der Waals surface area contributed by atoms with Crippen molar-refractivity contribution < 1.29 is 35.9 Å². The molecule has 0 aliphatic heterocycles. The summed E-state index contributed by atoms with van der Waals surface area (Å²) in [6.45, 7) is -0.907. The maximum absolute atomic E-state index is 13.0. The van der Waals surface area contributed by atoms with E-state index in [-0.39, 0.29) is 20.5 Å². The van der Waals surface area contributed by atoms with Gasteiger partial charge in [-0.2, -0.15) is 13.2 Å². The Morgan fingerprint density at radius 2 is 1.76 bits per heavy atom. The minimum atomic E-state index is -4.77. The lowest BCUT2D eigenvalue weighted by molar-refractivity contribution is -0.137. The molecule has 0 saturated carbocycles. The first kappa shape index (κ1) is 23.0. The molecule has 2 aromatic carbocycles. The van der Waals surface area contributed by atoms with Crippen LogP contribution in [0.3, 0.4) is 0 Å². The van der Waals surface area contributed by atoms with Crippen LogP contribution in [0.2, 0.25) is 10.0 Å². The van der Waals surface area contributed by atoms with Crippen LogP contribution in [0.1, 0.15) is 15.9 Å². The van der Waals surface area contributed by atoms with Crippen molar-refractivity contribution in [3.8, 4) is 0 Å². The predicted molar refractivity (Wildman–Crippen MR) is 99.9 cm³/mol. The van der Waals surface area contributed by atoms with Gasteiger partial charge in [-0.05, 0) is 36.4 Å². The molecule has 12 heteroatoms. The van der Waals surface area contributed by atoms with E-state index in [9.17, 15) is 31.2 Å². The first-order chi connectivity index (χ1) is 13.3. The molecule has 0 aliphatic rings. The van der Waals surface area contributed by atoms with Crippen LogP contribution in [0.15, 0.2) is 41.3 Å². The van der Waals surface area contributed by atoms with Crippen molar-refractivity contribution in [2.45, 2.75) is 11.1 Å². The number of alkyl halides is 3. The number of hydrogen-bond acceptors (Lipinski definition) is 5. The summed E-state index contributed by atoms with van der Waals surface area (Å²) in [4.78, 5) is 23.6. The van der Waals surface area contributed by atoms with Crippen LogP contribution >= 0.6 is 23.2 Å². The monoisotopic (exact) mass is 469 g/mol. The molecule has 0 heterocycles. The van der Waals surface area contributed by atoms with E-state index in [0.29, 0.717) is 6.07 Å². The summed E-state index contributed by atoms with van der Waals surface area (Å²) in [7, 11) is -3.72. The second-order valence-electron chi connectivity index (χ2n) is 5.73. The van der Waals surface area contributed by atoms with Crippen LogP contribution in [0, 0.1) is 0 Å². The number of carbonyl (C=O) groups excluding carboxylic acids is 2. The van der Waals surface area contributed by atoms with Crippen molar-refractivity contribution in [3.63, 3.8) is 0 Å². The largest absolute Gasteiger partial charge is 0.452 e. The molecule has 156 valence electrons. The van der Waals surface area contributed by atoms with E-state index in [1.807, 2.05) is 5.32 Å². The predicted octanol–water partition coefficient (Wildman–Crippen LogP) is 4.21. The lowest BCUT2D eigenvalue weighted by atomic mass is 10.1. The fourth-order valence-electron chi connectivity index (χ4n) is 2.18. The van der Waals surface area contributed by atoms with E-state index in [1.54, 1.807) is 0 Å². The van der Waals surface area contributed by atoms with Crippen LogP contribution in [0.5, 0.6) is 0 Å². The Morgan fingerprint density at radius 3 is 2.34 bits per heavy atom. The SMILES string of the molecule is CS(=O)(=O)c1cc(C(=O)OCC(=O)Nc2ccc(Cl)cc2C(F)(F)F)ccc1Cl. The van der Waals surface area contributed by atoms with E-state index >= 15 is 0 Å². The van der Waals surface area contributed by atoms with Crippen molar-refractivity contribution in [2.75, 3.05) is 18.2 Å². The number of carbonyl (C=O) groups is 2. The van der Waals surface area contributed by atoms with E-state index < -0.39 is 45.7 Å². The number of benzene rings is 2. The summed E-state index contributed by atoms with van der Waals surface area (Å²) in [6, 6.07) is 6.07. The average Bonchev–Trinajstić information content (AvgIpc) is 2.59. The molecular formula is C17H12Cl2F3NO5S. The average molecular weight is 470 g/mol. The van der Waals surface area contributed by atoms with E-state index in [0.717, 1.165) is 30.5 Å². The van der Waals surface area contributed by atoms with Crippen molar-refractivity contribution in [3.05, 3.63) is 57.6 Å². The van der Waals surface area contributed by atoms with E-state index in [2.05, 4.69) is 0 Å². The molecule has 6 nitrogen and oxygen atoms in total.